The molecule has 19 heavy (non-hydrogen) atoms. The van der Waals surface area contributed by atoms with E-state index in [1.807, 2.05) is 49.9 Å². The molecule has 3 nitrogen and oxygen atoms in total. The monoisotopic (exact) mass is 282 g/mol. The van der Waals surface area contributed by atoms with E-state index < -0.39 is 0 Å². The maximum atomic E-state index is 12.5. The van der Waals surface area contributed by atoms with E-state index in [0.717, 1.165) is 5.56 Å². The molecule has 0 fully saturated rings. The van der Waals surface area contributed by atoms with Crippen LogP contribution in [0.15, 0.2) is 24.3 Å². The number of carbonyl (C=O) groups is 1. The summed E-state index contributed by atoms with van der Waals surface area (Å²) in [5.41, 5.74) is 6.69. The smallest absolute Gasteiger partial charge is 0.227 e. The third-order valence-corrected chi connectivity index (χ3v) is 3.76. The van der Waals surface area contributed by atoms with Gasteiger partial charge in [0.05, 0.1) is 5.92 Å². The molecule has 0 saturated heterocycles. The predicted octanol–water partition coefficient (Wildman–Crippen LogP) is 2.92. The number of nitrogens with two attached hydrogens (primary N) is 1. The van der Waals surface area contributed by atoms with E-state index in [2.05, 4.69) is 0 Å². The normalized spacial score (nSPS) is 12.5. The molecule has 1 amide bonds. The molecule has 0 bridgehead atoms. The van der Waals surface area contributed by atoms with Gasteiger partial charge in [-0.15, -0.1) is 0 Å². The van der Waals surface area contributed by atoms with Crippen molar-refractivity contribution < 1.29 is 4.79 Å². The largest absolute Gasteiger partial charge is 0.338 e. The van der Waals surface area contributed by atoms with Crippen molar-refractivity contribution in [3.8, 4) is 0 Å². The van der Waals surface area contributed by atoms with E-state index in [0.29, 0.717) is 24.7 Å². The van der Waals surface area contributed by atoms with Gasteiger partial charge in [0, 0.05) is 24.7 Å². The number of nitrogens with zero attached hydrogens (tertiary/aromatic N) is 1. The molecule has 0 aliphatic heterocycles. The summed E-state index contributed by atoms with van der Waals surface area (Å²) in [5, 5.41) is 0.697. The molecule has 106 valence electrons. The number of rotatable bonds is 6. The summed E-state index contributed by atoms with van der Waals surface area (Å²) in [6.45, 7) is 7.61. The van der Waals surface area contributed by atoms with E-state index in [4.69, 9.17) is 17.3 Å². The minimum Gasteiger partial charge on any atom is -0.338 e. The van der Waals surface area contributed by atoms with Crippen LogP contribution in [0.25, 0.3) is 0 Å². The summed E-state index contributed by atoms with van der Waals surface area (Å²) in [4.78, 5) is 14.3. The van der Waals surface area contributed by atoms with E-state index in [9.17, 15) is 4.79 Å². The molecule has 0 radical (unpaired) electrons. The fourth-order valence-corrected chi connectivity index (χ4v) is 2.27. The number of benzene rings is 1. The van der Waals surface area contributed by atoms with Crippen molar-refractivity contribution in [2.24, 2.45) is 17.6 Å². The van der Waals surface area contributed by atoms with Crippen molar-refractivity contribution in [2.45, 2.75) is 27.3 Å². The molecule has 1 rings (SSSR count). The zero-order chi connectivity index (χ0) is 14.4. The van der Waals surface area contributed by atoms with Gasteiger partial charge in [0.25, 0.3) is 0 Å². The summed E-state index contributed by atoms with van der Waals surface area (Å²) in [7, 11) is 0. The van der Waals surface area contributed by atoms with Gasteiger partial charge >= 0.3 is 0 Å². The quantitative estimate of drug-likeness (QED) is 0.872. The number of amides is 1. The van der Waals surface area contributed by atoms with Crippen molar-refractivity contribution in [3.05, 3.63) is 34.9 Å². The molecule has 0 aliphatic carbocycles. The molecule has 1 aromatic rings. The molecule has 1 aromatic carbocycles. The van der Waals surface area contributed by atoms with Crippen molar-refractivity contribution in [1.82, 2.24) is 4.90 Å². The molecular weight excluding hydrogens is 260 g/mol. The third kappa shape index (κ3) is 4.22. The molecule has 0 aromatic heterocycles. The summed E-state index contributed by atoms with van der Waals surface area (Å²) < 4.78 is 0. The second-order valence-corrected chi connectivity index (χ2v) is 5.44. The van der Waals surface area contributed by atoms with Crippen LogP contribution in [0.1, 0.15) is 26.3 Å². The average molecular weight is 283 g/mol. The van der Waals surface area contributed by atoms with Crippen LogP contribution < -0.4 is 5.73 Å². The van der Waals surface area contributed by atoms with Gasteiger partial charge in [0.2, 0.25) is 5.91 Å². The molecule has 4 heteroatoms. The van der Waals surface area contributed by atoms with Gasteiger partial charge < -0.3 is 10.6 Å². The SMILES string of the molecule is CCN(Cc1ccccc1Cl)C(=O)C(CN)C(C)C. The van der Waals surface area contributed by atoms with Crippen LogP contribution in [0.5, 0.6) is 0 Å². The Kier molecular flexibility index (Phi) is 6.32. The summed E-state index contributed by atoms with van der Waals surface area (Å²) in [6, 6.07) is 7.62. The van der Waals surface area contributed by atoms with Gasteiger partial charge in [0.15, 0.2) is 0 Å². The molecule has 0 heterocycles. The highest BCUT2D eigenvalue weighted by Crippen LogP contribution is 2.19. The maximum Gasteiger partial charge on any atom is 0.227 e. The van der Waals surface area contributed by atoms with Gasteiger partial charge in [-0.25, -0.2) is 0 Å². The Balaban J connectivity index is 2.84. The van der Waals surface area contributed by atoms with Gasteiger partial charge in [-0.1, -0.05) is 43.6 Å². The molecule has 0 aliphatic rings. The van der Waals surface area contributed by atoms with E-state index >= 15 is 0 Å². The van der Waals surface area contributed by atoms with Crippen LogP contribution >= 0.6 is 11.6 Å². The zero-order valence-electron chi connectivity index (χ0n) is 11.9. The standard InChI is InChI=1S/C15H23ClN2O/c1-4-18(15(19)13(9-17)11(2)3)10-12-7-5-6-8-14(12)16/h5-8,11,13H,4,9-10,17H2,1-3H3. The van der Waals surface area contributed by atoms with Crippen LogP contribution in [0.3, 0.4) is 0 Å². The molecule has 1 atom stereocenters. The molecule has 0 saturated carbocycles. The Bertz CT molecular complexity index is 420. The lowest BCUT2D eigenvalue weighted by Gasteiger charge is -2.28. The molecule has 1 unspecified atom stereocenters. The number of hydrogen-bond donors (Lipinski definition) is 1. The van der Waals surface area contributed by atoms with Crippen LogP contribution in [0.4, 0.5) is 0 Å². The fraction of sp³-hybridized carbons (Fsp3) is 0.533. The highest BCUT2D eigenvalue weighted by molar-refractivity contribution is 6.31. The molecular formula is C15H23ClN2O. The van der Waals surface area contributed by atoms with E-state index in [1.54, 1.807) is 0 Å². The van der Waals surface area contributed by atoms with Crippen molar-refractivity contribution in [1.29, 1.82) is 0 Å². The second-order valence-electron chi connectivity index (χ2n) is 5.03. The van der Waals surface area contributed by atoms with Gasteiger partial charge in [-0.2, -0.15) is 0 Å². The van der Waals surface area contributed by atoms with Gasteiger partial charge in [-0.3, -0.25) is 4.79 Å². The lowest BCUT2D eigenvalue weighted by molar-refractivity contribution is -0.137. The Hall–Kier alpha value is -1.06. The molecule has 0 spiro atoms. The van der Waals surface area contributed by atoms with Crippen molar-refractivity contribution >= 4 is 17.5 Å². The summed E-state index contributed by atoms with van der Waals surface area (Å²) >= 11 is 6.14. The van der Waals surface area contributed by atoms with E-state index in [1.165, 1.54) is 0 Å². The summed E-state index contributed by atoms with van der Waals surface area (Å²) in [5.74, 6) is 0.236. The first-order valence-corrected chi connectivity index (χ1v) is 7.11. The Morgan fingerprint density at radius 2 is 2.00 bits per heavy atom. The lowest BCUT2D eigenvalue weighted by atomic mass is 9.94. The predicted molar refractivity (Wildman–Crippen MR) is 79.9 cm³/mol. The first-order valence-electron chi connectivity index (χ1n) is 6.73. The van der Waals surface area contributed by atoms with Crippen molar-refractivity contribution in [3.63, 3.8) is 0 Å². The lowest BCUT2D eigenvalue weighted by Crippen LogP contribution is -2.41. The first kappa shape index (κ1) is 16.0. The van der Waals surface area contributed by atoms with Crippen LogP contribution in [-0.2, 0) is 11.3 Å². The second kappa shape index (κ2) is 7.51. The minimum absolute atomic E-state index is 0.111. The zero-order valence-corrected chi connectivity index (χ0v) is 12.7. The van der Waals surface area contributed by atoms with Crippen LogP contribution in [0.2, 0.25) is 5.02 Å². The van der Waals surface area contributed by atoms with Crippen molar-refractivity contribution in [2.75, 3.05) is 13.1 Å². The fourth-order valence-electron chi connectivity index (χ4n) is 2.07. The Morgan fingerprint density at radius 3 is 2.47 bits per heavy atom. The van der Waals surface area contributed by atoms with Crippen LogP contribution in [-0.4, -0.2) is 23.9 Å². The Morgan fingerprint density at radius 1 is 1.37 bits per heavy atom. The molecule has 2 N–H and O–H groups in total. The maximum absolute atomic E-state index is 12.5. The van der Waals surface area contributed by atoms with Crippen LogP contribution in [0, 0.1) is 11.8 Å². The van der Waals surface area contributed by atoms with Gasteiger partial charge in [0.1, 0.15) is 0 Å². The number of halogens is 1. The number of carbonyl (C=O) groups excluding carboxylic acids is 1. The van der Waals surface area contributed by atoms with Gasteiger partial charge in [-0.05, 0) is 24.5 Å². The highest BCUT2D eigenvalue weighted by Gasteiger charge is 2.25. The average Bonchev–Trinajstić information content (AvgIpc) is 2.38. The minimum atomic E-state index is -0.123. The van der Waals surface area contributed by atoms with E-state index in [-0.39, 0.29) is 17.7 Å². The Labute approximate surface area is 120 Å². The first-order chi connectivity index (χ1) is 9.01. The highest BCUT2D eigenvalue weighted by atomic mass is 35.5. The summed E-state index contributed by atoms with van der Waals surface area (Å²) in [6.07, 6.45) is 0. The third-order valence-electron chi connectivity index (χ3n) is 3.39. The topological polar surface area (TPSA) is 46.3 Å². The number of hydrogen-bond acceptors (Lipinski definition) is 2.